The number of carbonyl (C=O) groups is 2. The smallest absolute Gasteiger partial charge is 0.411 e. The molecule has 0 saturated carbocycles. The van der Waals surface area contributed by atoms with Gasteiger partial charge in [-0.25, -0.2) is 9.59 Å². The lowest BCUT2D eigenvalue weighted by Crippen LogP contribution is -2.38. The summed E-state index contributed by atoms with van der Waals surface area (Å²) in [5.74, 6) is 0. The fourth-order valence-electron chi connectivity index (χ4n) is 2.45. The Bertz CT molecular complexity index is 859. The maximum Gasteiger partial charge on any atom is 0.411 e. The number of urea groups is 1. The Kier molecular flexibility index (Phi) is 7.96. The summed E-state index contributed by atoms with van der Waals surface area (Å²) in [6, 6.07) is 10.2. The van der Waals surface area contributed by atoms with Crippen molar-refractivity contribution < 1.29 is 14.3 Å². The number of nitrogens with zero attached hydrogens (tertiary/aromatic N) is 1. The van der Waals surface area contributed by atoms with Gasteiger partial charge in [-0.1, -0.05) is 35.3 Å². The summed E-state index contributed by atoms with van der Waals surface area (Å²) in [4.78, 5) is 26.0. The molecule has 0 fully saturated rings. The van der Waals surface area contributed by atoms with Gasteiger partial charge in [0.25, 0.3) is 0 Å². The molecule has 150 valence electrons. The number of rotatable bonds is 6. The molecule has 2 rings (SSSR count). The summed E-state index contributed by atoms with van der Waals surface area (Å²) in [6.45, 7) is 6.36. The van der Waals surface area contributed by atoms with Crippen molar-refractivity contribution in [2.45, 2.75) is 20.8 Å². The highest BCUT2D eigenvalue weighted by Crippen LogP contribution is 2.21. The third-order valence-corrected chi connectivity index (χ3v) is 4.61. The topological polar surface area (TPSA) is 70.7 Å². The predicted octanol–water partition coefficient (Wildman–Crippen LogP) is 5.71. The van der Waals surface area contributed by atoms with Gasteiger partial charge in [-0.15, -0.1) is 0 Å². The molecule has 6 nitrogen and oxygen atoms in total. The van der Waals surface area contributed by atoms with E-state index in [9.17, 15) is 9.59 Å². The van der Waals surface area contributed by atoms with Crippen LogP contribution in [0.3, 0.4) is 0 Å². The van der Waals surface area contributed by atoms with Crippen molar-refractivity contribution in [3.8, 4) is 0 Å². The summed E-state index contributed by atoms with van der Waals surface area (Å²) in [7, 11) is 0. The average molecular weight is 424 g/mol. The summed E-state index contributed by atoms with van der Waals surface area (Å²) in [5, 5.41) is 6.53. The van der Waals surface area contributed by atoms with E-state index in [-0.39, 0.29) is 19.2 Å². The molecule has 0 bridgehead atoms. The summed E-state index contributed by atoms with van der Waals surface area (Å²) in [6.07, 6.45) is -0.604. The van der Waals surface area contributed by atoms with Gasteiger partial charge >= 0.3 is 12.1 Å². The van der Waals surface area contributed by atoms with Crippen molar-refractivity contribution in [3.63, 3.8) is 0 Å². The van der Waals surface area contributed by atoms with E-state index in [2.05, 4.69) is 10.6 Å². The van der Waals surface area contributed by atoms with Crippen LogP contribution in [0.15, 0.2) is 36.4 Å². The Labute approximate surface area is 174 Å². The molecule has 2 aromatic carbocycles. The minimum absolute atomic E-state index is 0.0568. The molecule has 0 aromatic heterocycles. The van der Waals surface area contributed by atoms with Gasteiger partial charge in [0.15, 0.2) is 0 Å². The molecule has 0 heterocycles. The number of likely N-dealkylation sites (N-methyl/N-ethyl adjacent to an activating group) is 1. The molecular formula is C20H23Cl2N3O3. The molecule has 0 radical (unpaired) electrons. The van der Waals surface area contributed by atoms with E-state index < -0.39 is 6.09 Å². The zero-order chi connectivity index (χ0) is 20.7. The number of carbonyl (C=O) groups excluding carboxylic acids is 2. The van der Waals surface area contributed by atoms with Crippen LogP contribution in [0.25, 0.3) is 0 Å². The lowest BCUT2D eigenvalue weighted by molar-refractivity contribution is 0.145. The summed E-state index contributed by atoms with van der Waals surface area (Å²) in [5.41, 5.74) is 3.00. The number of anilines is 2. The molecule has 3 amide bonds. The van der Waals surface area contributed by atoms with Crippen LogP contribution in [0.2, 0.25) is 10.0 Å². The zero-order valence-electron chi connectivity index (χ0n) is 16.0. The van der Waals surface area contributed by atoms with Gasteiger partial charge in [-0.05, 0) is 56.2 Å². The monoisotopic (exact) mass is 423 g/mol. The number of amides is 3. The van der Waals surface area contributed by atoms with E-state index in [0.717, 1.165) is 11.1 Å². The molecule has 2 N–H and O–H groups in total. The molecule has 28 heavy (non-hydrogen) atoms. The second-order valence-electron chi connectivity index (χ2n) is 6.19. The van der Waals surface area contributed by atoms with Crippen molar-refractivity contribution >= 4 is 46.7 Å². The Morgan fingerprint density at radius 1 is 0.964 bits per heavy atom. The van der Waals surface area contributed by atoms with Crippen molar-refractivity contribution in [3.05, 3.63) is 57.6 Å². The highest BCUT2D eigenvalue weighted by Gasteiger charge is 2.14. The Balaban J connectivity index is 1.85. The average Bonchev–Trinajstić information content (AvgIpc) is 2.64. The molecule has 0 aliphatic heterocycles. The van der Waals surface area contributed by atoms with E-state index in [0.29, 0.717) is 28.0 Å². The zero-order valence-corrected chi connectivity index (χ0v) is 17.5. The first-order valence-corrected chi connectivity index (χ1v) is 9.57. The molecule has 2 aromatic rings. The van der Waals surface area contributed by atoms with Gasteiger partial charge in [0.05, 0.1) is 6.54 Å². The van der Waals surface area contributed by atoms with Crippen LogP contribution in [-0.2, 0) is 4.74 Å². The van der Waals surface area contributed by atoms with Crippen LogP contribution in [0.4, 0.5) is 21.0 Å². The molecule has 0 saturated heterocycles. The third kappa shape index (κ3) is 6.32. The second-order valence-corrected chi connectivity index (χ2v) is 7.06. The van der Waals surface area contributed by atoms with Crippen LogP contribution in [0.1, 0.15) is 18.1 Å². The van der Waals surface area contributed by atoms with Crippen molar-refractivity contribution in [1.29, 1.82) is 0 Å². The van der Waals surface area contributed by atoms with E-state index in [1.165, 1.54) is 4.90 Å². The lowest BCUT2D eigenvalue weighted by atomic mass is 10.2. The molecule has 0 aliphatic carbocycles. The maximum absolute atomic E-state index is 12.5. The van der Waals surface area contributed by atoms with Crippen molar-refractivity contribution in [1.82, 2.24) is 4.90 Å². The van der Waals surface area contributed by atoms with E-state index in [1.54, 1.807) is 30.3 Å². The number of nitrogens with one attached hydrogen (secondary N) is 2. The van der Waals surface area contributed by atoms with E-state index >= 15 is 0 Å². The standard InChI is InChI=1S/C20H23Cl2N3O3/c1-4-25(19(26)23-17-11-15(21)7-5-13(17)2)9-10-28-20(27)24-18-12-16(22)8-6-14(18)3/h5-8,11-12H,4,9-10H2,1-3H3,(H,23,26)(H,24,27). The van der Waals surface area contributed by atoms with E-state index in [4.69, 9.17) is 27.9 Å². The van der Waals surface area contributed by atoms with Gasteiger partial charge in [-0.2, -0.15) is 0 Å². The van der Waals surface area contributed by atoms with Crippen LogP contribution >= 0.6 is 23.2 Å². The molecule has 8 heteroatoms. The Hall–Kier alpha value is -2.44. The quantitative estimate of drug-likeness (QED) is 0.624. The molecular weight excluding hydrogens is 401 g/mol. The van der Waals surface area contributed by atoms with Crippen LogP contribution in [-0.4, -0.2) is 36.7 Å². The normalized spacial score (nSPS) is 10.3. The molecule has 0 aliphatic rings. The molecule has 0 unspecified atom stereocenters. The number of ether oxygens (including phenoxy) is 1. The van der Waals surface area contributed by atoms with Crippen molar-refractivity contribution in [2.75, 3.05) is 30.3 Å². The minimum atomic E-state index is -0.604. The first-order chi connectivity index (χ1) is 13.3. The van der Waals surface area contributed by atoms with E-state index in [1.807, 2.05) is 26.8 Å². The number of aryl methyl sites for hydroxylation is 2. The van der Waals surface area contributed by atoms with Gasteiger partial charge in [0.1, 0.15) is 6.61 Å². The van der Waals surface area contributed by atoms with Gasteiger partial charge in [0, 0.05) is 28.0 Å². The van der Waals surface area contributed by atoms with Gasteiger partial charge in [0.2, 0.25) is 0 Å². The fraction of sp³-hybridized carbons (Fsp3) is 0.300. The van der Waals surface area contributed by atoms with Crippen molar-refractivity contribution in [2.24, 2.45) is 0 Å². The highest BCUT2D eigenvalue weighted by atomic mass is 35.5. The maximum atomic E-state index is 12.5. The van der Waals surface area contributed by atoms with Crippen LogP contribution < -0.4 is 10.6 Å². The fourth-order valence-corrected chi connectivity index (χ4v) is 2.79. The third-order valence-electron chi connectivity index (χ3n) is 4.14. The Morgan fingerprint density at radius 3 is 2.04 bits per heavy atom. The predicted molar refractivity (Wildman–Crippen MR) is 114 cm³/mol. The summed E-state index contributed by atoms with van der Waals surface area (Å²) >= 11 is 11.9. The highest BCUT2D eigenvalue weighted by molar-refractivity contribution is 6.31. The molecule has 0 atom stereocenters. The van der Waals surface area contributed by atoms with Crippen LogP contribution in [0.5, 0.6) is 0 Å². The first kappa shape index (κ1) is 21.9. The number of benzene rings is 2. The Morgan fingerprint density at radius 2 is 1.50 bits per heavy atom. The second kappa shape index (κ2) is 10.2. The van der Waals surface area contributed by atoms with Gasteiger partial charge < -0.3 is 15.0 Å². The summed E-state index contributed by atoms with van der Waals surface area (Å²) < 4.78 is 5.18. The minimum Gasteiger partial charge on any atom is -0.447 e. The van der Waals surface area contributed by atoms with Gasteiger partial charge in [-0.3, -0.25) is 5.32 Å². The SMILES string of the molecule is CCN(CCOC(=O)Nc1cc(Cl)ccc1C)C(=O)Nc1cc(Cl)ccc1C. The number of hydrogen-bond donors (Lipinski definition) is 2. The largest absolute Gasteiger partial charge is 0.447 e. The number of hydrogen-bond acceptors (Lipinski definition) is 3. The van der Waals surface area contributed by atoms with Crippen LogP contribution in [0, 0.1) is 13.8 Å². The first-order valence-electron chi connectivity index (χ1n) is 8.82. The lowest BCUT2D eigenvalue weighted by Gasteiger charge is -2.22. The molecule has 0 spiro atoms. The number of halogens is 2.